The molecule has 0 saturated heterocycles. The highest BCUT2D eigenvalue weighted by atomic mass is 35.5. The minimum Gasteiger partial charge on any atom is -0.331 e. The van der Waals surface area contributed by atoms with Gasteiger partial charge in [0, 0.05) is 18.3 Å². The summed E-state index contributed by atoms with van der Waals surface area (Å²) < 4.78 is 1.97. The molecular formula is C13H12ClN3. The minimum atomic E-state index is 0.324. The number of halogens is 1. The van der Waals surface area contributed by atoms with Crippen LogP contribution in [0.2, 0.25) is 5.02 Å². The molecule has 0 spiro atoms. The Bertz CT molecular complexity index is 593. The third-order valence-corrected chi connectivity index (χ3v) is 3.17. The van der Waals surface area contributed by atoms with Gasteiger partial charge in [0.2, 0.25) is 0 Å². The standard InChI is InChI=1S/C13H12ClN3/c1-9-12(7-8-15)16-13(17(9)2)10-5-3-4-6-11(10)14/h3-6H,7H2,1-2H3. The van der Waals surface area contributed by atoms with Crippen LogP contribution in [0, 0.1) is 18.3 Å². The lowest BCUT2D eigenvalue weighted by atomic mass is 10.2. The normalized spacial score (nSPS) is 10.2. The van der Waals surface area contributed by atoms with Crippen LogP contribution in [-0.4, -0.2) is 9.55 Å². The van der Waals surface area contributed by atoms with Crippen LogP contribution in [0.1, 0.15) is 11.4 Å². The van der Waals surface area contributed by atoms with E-state index in [1.165, 1.54) is 0 Å². The molecule has 0 unspecified atom stereocenters. The smallest absolute Gasteiger partial charge is 0.141 e. The first-order valence-electron chi connectivity index (χ1n) is 5.29. The summed E-state index contributed by atoms with van der Waals surface area (Å²) in [6.45, 7) is 1.96. The predicted molar refractivity (Wildman–Crippen MR) is 67.7 cm³/mol. The number of aromatic nitrogens is 2. The van der Waals surface area contributed by atoms with Crippen LogP contribution < -0.4 is 0 Å². The maximum absolute atomic E-state index is 8.74. The average molecular weight is 246 g/mol. The second-order valence-electron chi connectivity index (χ2n) is 3.84. The lowest BCUT2D eigenvalue weighted by molar-refractivity contribution is 0.879. The van der Waals surface area contributed by atoms with E-state index < -0.39 is 0 Å². The van der Waals surface area contributed by atoms with Gasteiger partial charge in [-0.2, -0.15) is 5.26 Å². The quantitative estimate of drug-likeness (QED) is 0.816. The zero-order valence-corrected chi connectivity index (χ0v) is 10.5. The summed E-state index contributed by atoms with van der Waals surface area (Å²) in [4.78, 5) is 4.49. The van der Waals surface area contributed by atoms with E-state index in [0.29, 0.717) is 11.4 Å². The topological polar surface area (TPSA) is 41.6 Å². The van der Waals surface area contributed by atoms with Crippen LogP contribution >= 0.6 is 11.6 Å². The molecule has 0 saturated carbocycles. The Morgan fingerprint density at radius 2 is 2.12 bits per heavy atom. The fourth-order valence-corrected chi connectivity index (χ4v) is 1.98. The van der Waals surface area contributed by atoms with E-state index in [9.17, 15) is 0 Å². The first-order valence-corrected chi connectivity index (χ1v) is 5.67. The first kappa shape index (κ1) is 11.7. The Kier molecular flexibility index (Phi) is 3.16. The van der Waals surface area contributed by atoms with Crippen LogP contribution in [0.5, 0.6) is 0 Å². The van der Waals surface area contributed by atoms with Crippen molar-refractivity contribution in [2.75, 3.05) is 0 Å². The highest BCUT2D eigenvalue weighted by Crippen LogP contribution is 2.27. The number of nitriles is 1. The summed E-state index contributed by atoms with van der Waals surface area (Å²) in [6.07, 6.45) is 0.324. The van der Waals surface area contributed by atoms with Crippen molar-refractivity contribution in [3.63, 3.8) is 0 Å². The van der Waals surface area contributed by atoms with Gasteiger partial charge in [-0.15, -0.1) is 0 Å². The molecule has 0 N–H and O–H groups in total. The van der Waals surface area contributed by atoms with E-state index in [2.05, 4.69) is 11.1 Å². The Balaban J connectivity index is 2.58. The monoisotopic (exact) mass is 245 g/mol. The summed E-state index contributed by atoms with van der Waals surface area (Å²) in [7, 11) is 1.93. The number of rotatable bonds is 2. The van der Waals surface area contributed by atoms with Crippen molar-refractivity contribution < 1.29 is 0 Å². The van der Waals surface area contributed by atoms with Gasteiger partial charge in [0.15, 0.2) is 0 Å². The van der Waals surface area contributed by atoms with Crippen LogP contribution in [0.3, 0.4) is 0 Å². The van der Waals surface area contributed by atoms with Gasteiger partial charge < -0.3 is 4.57 Å². The summed E-state index contributed by atoms with van der Waals surface area (Å²) in [6, 6.07) is 9.70. The average Bonchev–Trinajstić information content (AvgIpc) is 2.59. The van der Waals surface area contributed by atoms with Crippen molar-refractivity contribution >= 4 is 11.6 Å². The number of benzene rings is 1. The number of imidazole rings is 1. The van der Waals surface area contributed by atoms with E-state index in [1.807, 2.05) is 42.8 Å². The van der Waals surface area contributed by atoms with E-state index in [-0.39, 0.29) is 0 Å². The van der Waals surface area contributed by atoms with Gasteiger partial charge in [0.05, 0.1) is 23.2 Å². The van der Waals surface area contributed by atoms with Crippen molar-refractivity contribution in [3.8, 4) is 17.5 Å². The third kappa shape index (κ3) is 2.04. The van der Waals surface area contributed by atoms with Crippen LogP contribution in [0.25, 0.3) is 11.4 Å². The number of nitrogens with zero attached hydrogens (tertiary/aromatic N) is 3. The molecule has 0 radical (unpaired) electrons. The fourth-order valence-electron chi connectivity index (χ4n) is 1.76. The van der Waals surface area contributed by atoms with Gasteiger partial charge in [0.25, 0.3) is 0 Å². The van der Waals surface area contributed by atoms with Crippen molar-refractivity contribution in [2.45, 2.75) is 13.3 Å². The molecular weight excluding hydrogens is 234 g/mol. The molecule has 0 atom stereocenters. The lowest BCUT2D eigenvalue weighted by Gasteiger charge is -2.04. The molecule has 1 heterocycles. The van der Waals surface area contributed by atoms with Gasteiger partial charge in [0.1, 0.15) is 5.82 Å². The highest BCUT2D eigenvalue weighted by Gasteiger charge is 2.14. The number of hydrogen-bond donors (Lipinski definition) is 0. The molecule has 2 rings (SSSR count). The largest absolute Gasteiger partial charge is 0.331 e. The Hall–Kier alpha value is -1.79. The summed E-state index contributed by atoms with van der Waals surface area (Å²) in [5, 5.41) is 9.41. The maximum atomic E-state index is 8.74. The van der Waals surface area contributed by atoms with Gasteiger partial charge in [-0.25, -0.2) is 4.98 Å². The molecule has 0 aliphatic heterocycles. The van der Waals surface area contributed by atoms with Crippen LogP contribution in [-0.2, 0) is 13.5 Å². The van der Waals surface area contributed by atoms with Gasteiger partial charge in [-0.1, -0.05) is 23.7 Å². The van der Waals surface area contributed by atoms with Crippen molar-refractivity contribution in [2.24, 2.45) is 7.05 Å². The minimum absolute atomic E-state index is 0.324. The molecule has 0 bridgehead atoms. The third-order valence-electron chi connectivity index (χ3n) is 2.84. The van der Waals surface area contributed by atoms with Gasteiger partial charge >= 0.3 is 0 Å². The second-order valence-corrected chi connectivity index (χ2v) is 4.25. The van der Waals surface area contributed by atoms with Crippen LogP contribution in [0.4, 0.5) is 0 Å². The van der Waals surface area contributed by atoms with Crippen molar-refractivity contribution in [3.05, 3.63) is 40.7 Å². The lowest BCUT2D eigenvalue weighted by Crippen LogP contribution is -1.95. The number of hydrogen-bond acceptors (Lipinski definition) is 2. The van der Waals surface area contributed by atoms with E-state index >= 15 is 0 Å². The molecule has 0 aliphatic carbocycles. The maximum Gasteiger partial charge on any atom is 0.141 e. The molecule has 1 aromatic carbocycles. The Morgan fingerprint density at radius 1 is 1.41 bits per heavy atom. The molecule has 17 heavy (non-hydrogen) atoms. The molecule has 0 aliphatic rings. The van der Waals surface area contributed by atoms with Gasteiger partial charge in [-0.05, 0) is 19.1 Å². The van der Waals surface area contributed by atoms with Crippen molar-refractivity contribution in [1.82, 2.24) is 9.55 Å². The fraction of sp³-hybridized carbons (Fsp3) is 0.231. The second kappa shape index (κ2) is 4.60. The zero-order valence-electron chi connectivity index (χ0n) is 9.74. The van der Waals surface area contributed by atoms with Gasteiger partial charge in [-0.3, -0.25) is 0 Å². The molecule has 86 valence electrons. The van der Waals surface area contributed by atoms with E-state index in [1.54, 1.807) is 0 Å². The predicted octanol–water partition coefficient (Wildman–Crippen LogP) is 3.12. The van der Waals surface area contributed by atoms with E-state index in [0.717, 1.165) is 22.8 Å². The molecule has 1 aromatic heterocycles. The first-order chi connectivity index (χ1) is 8.15. The summed E-state index contributed by atoms with van der Waals surface area (Å²) in [5.74, 6) is 0.804. The summed E-state index contributed by atoms with van der Waals surface area (Å²) >= 11 is 6.15. The molecule has 3 nitrogen and oxygen atoms in total. The molecule has 2 aromatic rings. The SMILES string of the molecule is Cc1c(CC#N)nc(-c2ccccc2Cl)n1C. The Labute approximate surface area is 105 Å². The van der Waals surface area contributed by atoms with Crippen LogP contribution in [0.15, 0.2) is 24.3 Å². The molecule has 4 heteroatoms. The Morgan fingerprint density at radius 3 is 2.76 bits per heavy atom. The zero-order chi connectivity index (χ0) is 12.4. The highest BCUT2D eigenvalue weighted by molar-refractivity contribution is 6.33. The van der Waals surface area contributed by atoms with E-state index in [4.69, 9.17) is 16.9 Å². The molecule has 0 fully saturated rings. The molecule has 0 amide bonds. The summed E-state index contributed by atoms with van der Waals surface area (Å²) in [5.41, 5.74) is 2.70. The van der Waals surface area contributed by atoms with Crippen molar-refractivity contribution in [1.29, 1.82) is 5.26 Å².